The first-order valence-electron chi connectivity index (χ1n) is 10.5. The number of anilines is 2. The van der Waals surface area contributed by atoms with Gasteiger partial charge in [0.15, 0.2) is 5.82 Å². The standard InChI is InChI=1S/C22H26F3N7O/c1-11-8-32(9-12(2)28-11)15-6-17(26)19(18(7-15)33-22(24)25)21(27)29-14-4-13-10-31(3)30-20(13)16(23)5-14/h4-7,10-12,22,28H,8-9,26H2,1-3H3,(H2,27,29). The number of nitrogens with one attached hydrogen (secondary N) is 1. The predicted molar refractivity (Wildman–Crippen MR) is 123 cm³/mol. The maximum atomic E-state index is 14.4. The van der Waals surface area contributed by atoms with Gasteiger partial charge in [0.05, 0.1) is 11.3 Å². The number of amidine groups is 1. The van der Waals surface area contributed by atoms with E-state index >= 15 is 0 Å². The highest BCUT2D eigenvalue weighted by Crippen LogP contribution is 2.34. The predicted octanol–water partition coefficient (Wildman–Crippen LogP) is 3.12. The summed E-state index contributed by atoms with van der Waals surface area (Å²) in [6.07, 6.45) is 1.64. The normalized spacial score (nSPS) is 19.5. The molecular weight excluding hydrogens is 435 g/mol. The van der Waals surface area contributed by atoms with Crippen LogP contribution in [0.4, 0.5) is 30.2 Å². The van der Waals surface area contributed by atoms with Crippen LogP contribution in [0.3, 0.4) is 0 Å². The Balaban J connectivity index is 1.75. The highest BCUT2D eigenvalue weighted by Gasteiger charge is 2.24. The molecule has 1 aromatic heterocycles. The average Bonchev–Trinajstić information content (AvgIpc) is 3.07. The zero-order valence-electron chi connectivity index (χ0n) is 18.5. The van der Waals surface area contributed by atoms with Crippen LogP contribution in [0, 0.1) is 5.82 Å². The van der Waals surface area contributed by atoms with E-state index in [0.29, 0.717) is 24.2 Å². The minimum Gasteiger partial charge on any atom is -0.434 e. The van der Waals surface area contributed by atoms with Gasteiger partial charge in [-0.3, -0.25) is 4.68 Å². The Bertz CT molecular complexity index is 1200. The van der Waals surface area contributed by atoms with Crippen LogP contribution in [0.2, 0.25) is 0 Å². The Morgan fingerprint density at radius 1 is 1.21 bits per heavy atom. The molecule has 176 valence electrons. The number of ether oxygens (including phenoxy) is 1. The van der Waals surface area contributed by atoms with Crippen LogP contribution in [0.1, 0.15) is 19.4 Å². The van der Waals surface area contributed by atoms with Crippen molar-refractivity contribution in [3.05, 3.63) is 41.8 Å². The van der Waals surface area contributed by atoms with Crippen LogP contribution in [-0.4, -0.2) is 47.4 Å². The zero-order chi connectivity index (χ0) is 23.9. The van der Waals surface area contributed by atoms with E-state index in [-0.39, 0.29) is 46.1 Å². The van der Waals surface area contributed by atoms with E-state index in [1.165, 1.54) is 16.8 Å². The van der Waals surface area contributed by atoms with Crippen LogP contribution < -0.4 is 26.4 Å². The molecule has 5 N–H and O–H groups in total. The molecule has 8 nitrogen and oxygen atoms in total. The molecule has 1 saturated heterocycles. The number of rotatable bonds is 5. The van der Waals surface area contributed by atoms with E-state index in [2.05, 4.69) is 15.4 Å². The summed E-state index contributed by atoms with van der Waals surface area (Å²) >= 11 is 0. The molecule has 3 aromatic rings. The van der Waals surface area contributed by atoms with Gasteiger partial charge >= 0.3 is 6.61 Å². The quantitative estimate of drug-likeness (QED) is 0.306. The Morgan fingerprint density at radius 3 is 2.58 bits per heavy atom. The lowest BCUT2D eigenvalue weighted by Gasteiger charge is -2.38. The van der Waals surface area contributed by atoms with E-state index in [4.69, 9.17) is 16.2 Å². The van der Waals surface area contributed by atoms with E-state index in [9.17, 15) is 13.2 Å². The lowest BCUT2D eigenvalue weighted by Crippen LogP contribution is -2.54. The van der Waals surface area contributed by atoms with E-state index in [1.54, 1.807) is 25.4 Å². The van der Waals surface area contributed by atoms with Crippen molar-refractivity contribution < 1.29 is 17.9 Å². The number of nitrogens with zero attached hydrogens (tertiary/aromatic N) is 4. The molecule has 1 fully saturated rings. The van der Waals surface area contributed by atoms with Gasteiger partial charge in [0.1, 0.15) is 17.1 Å². The number of aliphatic imine (C=N–C) groups is 1. The van der Waals surface area contributed by atoms with Crippen molar-refractivity contribution in [1.29, 1.82) is 0 Å². The highest BCUT2D eigenvalue weighted by molar-refractivity contribution is 6.06. The third kappa shape index (κ3) is 4.82. The molecule has 2 atom stereocenters. The number of benzene rings is 2. The SMILES string of the molecule is CC1CN(c2cc(N)c(C(N)=Nc3cc(F)c4nn(C)cc4c3)c(OC(F)F)c2)CC(C)N1. The fourth-order valence-electron chi connectivity index (χ4n) is 4.26. The van der Waals surface area contributed by atoms with Gasteiger partial charge in [-0.15, -0.1) is 0 Å². The minimum absolute atomic E-state index is 0.0296. The van der Waals surface area contributed by atoms with Gasteiger partial charge in [0.2, 0.25) is 0 Å². The summed E-state index contributed by atoms with van der Waals surface area (Å²) in [4.78, 5) is 6.28. The van der Waals surface area contributed by atoms with Gasteiger partial charge in [-0.05, 0) is 26.0 Å². The molecule has 11 heteroatoms. The summed E-state index contributed by atoms with van der Waals surface area (Å²) in [6.45, 7) is 2.34. The van der Waals surface area contributed by atoms with Crippen molar-refractivity contribution >= 4 is 33.8 Å². The Hall–Kier alpha value is -3.47. The molecule has 1 aliphatic rings. The number of halogens is 3. The number of aromatic nitrogens is 2. The monoisotopic (exact) mass is 461 g/mol. The lowest BCUT2D eigenvalue weighted by atomic mass is 10.1. The van der Waals surface area contributed by atoms with Crippen LogP contribution in [-0.2, 0) is 7.05 Å². The topological polar surface area (TPSA) is 107 Å². The largest absolute Gasteiger partial charge is 0.434 e. The van der Waals surface area contributed by atoms with Crippen molar-refractivity contribution in [2.24, 2.45) is 17.8 Å². The molecule has 0 spiro atoms. The first kappa shape index (κ1) is 22.7. The molecular formula is C22H26F3N7O. The molecule has 0 bridgehead atoms. The van der Waals surface area contributed by atoms with Gasteiger partial charge in [-0.2, -0.15) is 13.9 Å². The highest BCUT2D eigenvalue weighted by atomic mass is 19.3. The molecule has 1 aliphatic heterocycles. The maximum absolute atomic E-state index is 14.4. The van der Waals surface area contributed by atoms with E-state index in [1.807, 2.05) is 18.7 Å². The van der Waals surface area contributed by atoms with Gasteiger partial charge in [-0.1, -0.05) is 0 Å². The van der Waals surface area contributed by atoms with Crippen molar-refractivity contribution in [2.75, 3.05) is 23.7 Å². The molecule has 0 amide bonds. The van der Waals surface area contributed by atoms with Crippen LogP contribution in [0.15, 0.2) is 35.5 Å². The number of nitrogen functional groups attached to an aromatic ring is 1. The lowest BCUT2D eigenvalue weighted by molar-refractivity contribution is -0.0498. The summed E-state index contributed by atoms with van der Waals surface area (Å²) in [7, 11) is 1.67. The summed E-state index contributed by atoms with van der Waals surface area (Å²) < 4.78 is 47.1. The van der Waals surface area contributed by atoms with Gasteiger partial charge in [-0.25, -0.2) is 9.38 Å². The second kappa shape index (κ2) is 8.81. The Morgan fingerprint density at radius 2 is 1.91 bits per heavy atom. The van der Waals surface area contributed by atoms with Crippen molar-refractivity contribution in [3.8, 4) is 5.75 Å². The third-order valence-electron chi connectivity index (χ3n) is 5.42. The van der Waals surface area contributed by atoms with E-state index in [0.717, 1.165) is 0 Å². The van der Waals surface area contributed by atoms with Crippen LogP contribution in [0.25, 0.3) is 10.9 Å². The summed E-state index contributed by atoms with van der Waals surface area (Å²) in [6, 6.07) is 6.32. The number of hydrogen-bond donors (Lipinski definition) is 3. The molecule has 2 unspecified atom stereocenters. The average molecular weight is 461 g/mol. The number of fused-ring (bicyclic) bond motifs is 1. The zero-order valence-corrected chi connectivity index (χ0v) is 18.5. The number of hydrogen-bond acceptors (Lipinski definition) is 6. The van der Waals surface area contributed by atoms with E-state index < -0.39 is 12.4 Å². The van der Waals surface area contributed by atoms with Crippen LogP contribution >= 0.6 is 0 Å². The Labute approximate surface area is 189 Å². The third-order valence-corrected chi connectivity index (χ3v) is 5.42. The second-order valence-electron chi connectivity index (χ2n) is 8.33. The Kier molecular flexibility index (Phi) is 6.07. The number of alkyl halides is 2. The van der Waals surface area contributed by atoms with Gasteiger partial charge in [0, 0.05) is 67.3 Å². The van der Waals surface area contributed by atoms with Crippen molar-refractivity contribution in [2.45, 2.75) is 32.5 Å². The summed E-state index contributed by atoms with van der Waals surface area (Å²) in [5, 5.41) is 7.99. The fraction of sp³-hybridized carbons (Fsp3) is 0.364. The first-order chi connectivity index (χ1) is 15.6. The number of nitrogens with two attached hydrogens (primary N) is 2. The van der Waals surface area contributed by atoms with Gasteiger partial charge < -0.3 is 26.4 Å². The molecule has 0 aliphatic carbocycles. The molecule has 2 heterocycles. The molecule has 4 rings (SSSR count). The maximum Gasteiger partial charge on any atom is 0.387 e. The number of piperazine rings is 1. The number of aryl methyl sites for hydroxylation is 1. The van der Waals surface area contributed by atoms with Crippen LogP contribution in [0.5, 0.6) is 5.75 Å². The summed E-state index contributed by atoms with van der Waals surface area (Å²) in [5.74, 6) is -0.934. The smallest absolute Gasteiger partial charge is 0.387 e. The second-order valence-corrected chi connectivity index (χ2v) is 8.33. The van der Waals surface area contributed by atoms with Crippen molar-refractivity contribution in [3.63, 3.8) is 0 Å². The minimum atomic E-state index is -3.09. The molecule has 0 saturated carbocycles. The molecule has 2 aromatic carbocycles. The molecule has 33 heavy (non-hydrogen) atoms. The van der Waals surface area contributed by atoms with Crippen molar-refractivity contribution in [1.82, 2.24) is 15.1 Å². The fourth-order valence-corrected chi connectivity index (χ4v) is 4.26. The summed E-state index contributed by atoms with van der Waals surface area (Å²) in [5.41, 5.74) is 13.6. The molecule has 0 radical (unpaired) electrons. The first-order valence-corrected chi connectivity index (χ1v) is 10.5. The van der Waals surface area contributed by atoms with Gasteiger partial charge in [0.25, 0.3) is 0 Å².